The number of hydrogen-bond donors (Lipinski definition) is 3. The van der Waals surface area contributed by atoms with Gasteiger partial charge in [0.15, 0.2) is 0 Å². The second-order valence-corrected chi connectivity index (χ2v) is 10.7. The van der Waals surface area contributed by atoms with E-state index in [0.29, 0.717) is 0 Å². The molecule has 20 nitrogen and oxygen atoms in total. The van der Waals surface area contributed by atoms with Crippen molar-refractivity contribution in [3.05, 3.63) is 38.0 Å². The van der Waals surface area contributed by atoms with Gasteiger partial charge in [-0.25, -0.2) is 14.4 Å². The molecule has 2 atom stereocenters. The number of hydrogen-bond acceptors (Lipinski definition) is 19. The van der Waals surface area contributed by atoms with Crippen molar-refractivity contribution in [1.29, 1.82) is 0 Å². The molecule has 0 aliphatic rings. The van der Waals surface area contributed by atoms with E-state index in [0.717, 1.165) is 18.2 Å². The summed E-state index contributed by atoms with van der Waals surface area (Å²) >= 11 is 0. The molecule has 318 valence electrons. The van der Waals surface area contributed by atoms with Crippen LogP contribution in [0.4, 0.5) is 0 Å². The van der Waals surface area contributed by atoms with E-state index < -0.39 is 65.9 Å². The lowest BCUT2D eigenvalue weighted by molar-refractivity contribution is -0.158. The van der Waals surface area contributed by atoms with Gasteiger partial charge in [-0.3, -0.25) is 28.8 Å². The van der Waals surface area contributed by atoms with Crippen molar-refractivity contribution in [2.24, 2.45) is 0 Å². The van der Waals surface area contributed by atoms with Gasteiger partial charge in [0, 0.05) is 56.8 Å². The standard InChI is InChI=1S/C23H32O12.C10H14O6.C3H8O2/c1-4-18(24)30-12-14-32-20(26)8-6-10-22(28)34-16-17(3)35-23(29)11-7-9-21(27)33-15-13-31-19(25)5-2;1-2-9(13)15-6-7-16-10(14)5-3-4-8(11)12;1-3(5)2-4/h4-5,17H,1-2,6-16H2,3H3;2H,1,3-7H2,(H,11,12);3-5H,2H2,1H3. The zero-order valence-corrected chi connectivity index (χ0v) is 31.8. The third-order valence-electron chi connectivity index (χ3n) is 5.64. The zero-order chi connectivity index (χ0) is 43.1. The fraction of sp³-hybridized carbons (Fsp3) is 0.583. The molecule has 56 heavy (non-hydrogen) atoms. The molecule has 0 fully saturated rings. The Kier molecular flexibility index (Phi) is 36.8. The molecular formula is C36H54O20. The molecule has 0 spiro atoms. The number of carbonyl (C=O) groups excluding carboxylic acids is 8. The zero-order valence-electron chi connectivity index (χ0n) is 31.8. The number of esters is 8. The maximum Gasteiger partial charge on any atom is 0.330 e. The first-order valence-electron chi connectivity index (χ1n) is 17.2. The first-order valence-corrected chi connectivity index (χ1v) is 17.2. The summed E-state index contributed by atoms with van der Waals surface area (Å²) in [5.74, 6) is -5.50. The van der Waals surface area contributed by atoms with Crippen LogP contribution in [0, 0.1) is 0 Å². The Bertz CT molecular complexity index is 1240. The monoisotopic (exact) mass is 806 g/mol. The minimum absolute atomic E-state index is 0.0164. The van der Waals surface area contributed by atoms with Gasteiger partial charge in [-0.1, -0.05) is 19.7 Å². The molecule has 0 aromatic heterocycles. The van der Waals surface area contributed by atoms with Gasteiger partial charge < -0.3 is 53.2 Å². The topological polar surface area (TPSA) is 288 Å². The van der Waals surface area contributed by atoms with Crippen LogP contribution in [0.2, 0.25) is 0 Å². The fourth-order valence-corrected chi connectivity index (χ4v) is 3.02. The summed E-state index contributed by atoms with van der Waals surface area (Å²) in [7, 11) is 0. The van der Waals surface area contributed by atoms with Gasteiger partial charge in [0.2, 0.25) is 0 Å². The Balaban J connectivity index is -0.00000110. The Labute approximate surface area is 324 Å². The number of carbonyl (C=O) groups is 9. The van der Waals surface area contributed by atoms with Gasteiger partial charge in [-0.2, -0.15) is 0 Å². The largest absolute Gasteiger partial charge is 0.481 e. The molecule has 0 radical (unpaired) electrons. The number of ether oxygens (including phenoxy) is 8. The lowest BCUT2D eigenvalue weighted by atomic mass is 10.2. The molecule has 20 heteroatoms. The van der Waals surface area contributed by atoms with E-state index in [2.05, 4.69) is 38.7 Å². The van der Waals surface area contributed by atoms with E-state index in [4.69, 9.17) is 34.3 Å². The smallest absolute Gasteiger partial charge is 0.330 e. The number of aliphatic hydroxyl groups is 2. The molecule has 0 amide bonds. The number of carboxylic acids is 1. The van der Waals surface area contributed by atoms with Crippen LogP contribution in [0.5, 0.6) is 0 Å². The number of aliphatic hydroxyl groups excluding tert-OH is 2. The molecule has 0 aromatic carbocycles. The minimum Gasteiger partial charge on any atom is -0.481 e. The molecule has 0 aromatic rings. The highest BCUT2D eigenvalue weighted by molar-refractivity contribution is 5.82. The first kappa shape index (κ1) is 54.7. The molecule has 0 aliphatic heterocycles. The molecular weight excluding hydrogens is 752 g/mol. The van der Waals surface area contributed by atoms with Crippen molar-refractivity contribution >= 4 is 53.7 Å². The maximum absolute atomic E-state index is 11.8. The van der Waals surface area contributed by atoms with E-state index in [9.17, 15) is 43.2 Å². The molecule has 0 aliphatic carbocycles. The lowest BCUT2D eigenvalue weighted by Gasteiger charge is -2.13. The third-order valence-corrected chi connectivity index (χ3v) is 5.64. The van der Waals surface area contributed by atoms with Gasteiger partial charge in [0.1, 0.15) is 52.4 Å². The fourth-order valence-electron chi connectivity index (χ4n) is 3.02. The van der Waals surface area contributed by atoms with Crippen LogP contribution in [0.25, 0.3) is 0 Å². The van der Waals surface area contributed by atoms with Crippen LogP contribution in [-0.2, 0) is 81.0 Å². The normalized spacial score (nSPS) is 10.7. The molecule has 2 unspecified atom stereocenters. The predicted octanol–water partition coefficient (Wildman–Crippen LogP) is 1.22. The Morgan fingerprint density at radius 2 is 0.786 bits per heavy atom. The van der Waals surface area contributed by atoms with Crippen LogP contribution in [0.15, 0.2) is 38.0 Å². The first-order chi connectivity index (χ1) is 26.5. The summed E-state index contributed by atoms with van der Waals surface area (Å²) in [4.78, 5) is 99.8. The van der Waals surface area contributed by atoms with Crippen LogP contribution in [-0.4, -0.2) is 134 Å². The Morgan fingerprint density at radius 1 is 0.500 bits per heavy atom. The van der Waals surface area contributed by atoms with Crippen LogP contribution in [0.3, 0.4) is 0 Å². The second kappa shape index (κ2) is 37.7. The number of aliphatic carboxylic acids is 1. The SMILES string of the molecule is C=CC(=O)OCCOC(=O)CCCC(=O)O.C=CC(=O)OCCOC(=O)CCCC(=O)OCC(C)OC(=O)CCCC(=O)OCCOC(=O)C=C.CC(O)CO. The minimum atomic E-state index is -0.951. The predicted molar refractivity (Wildman–Crippen MR) is 191 cm³/mol. The molecule has 0 rings (SSSR count). The van der Waals surface area contributed by atoms with Gasteiger partial charge in [0.05, 0.1) is 12.7 Å². The average Bonchev–Trinajstić information content (AvgIpc) is 3.15. The third kappa shape index (κ3) is 42.8. The second-order valence-electron chi connectivity index (χ2n) is 10.7. The van der Waals surface area contributed by atoms with Crippen molar-refractivity contribution in [2.45, 2.75) is 83.8 Å². The van der Waals surface area contributed by atoms with E-state index in [1.165, 1.54) is 6.92 Å². The van der Waals surface area contributed by atoms with Crippen LogP contribution >= 0.6 is 0 Å². The maximum atomic E-state index is 11.8. The molecule has 3 N–H and O–H groups in total. The van der Waals surface area contributed by atoms with Gasteiger partial charge in [-0.05, 0) is 33.1 Å². The van der Waals surface area contributed by atoms with E-state index in [1.807, 2.05) is 0 Å². The van der Waals surface area contributed by atoms with E-state index >= 15 is 0 Å². The van der Waals surface area contributed by atoms with E-state index in [-0.39, 0.29) is 111 Å². The highest BCUT2D eigenvalue weighted by Crippen LogP contribution is 2.05. The van der Waals surface area contributed by atoms with Gasteiger partial charge in [0.25, 0.3) is 0 Å². The lowest BCUT2D eigenvalue weighted by Crippen LogP contribution is -2.22. The summed E-state index contributed by atoms with van der Waals surface area (Å²) in [6, 6.07) is 0. The van der Waals surface area contributed by atoms with Crippen molar-refractivity contribution in [2.75, 3.05) is 52.9 Å². The van der Waals surface area contributed by atoms with Crippen molar-refractivity contribution in [3.8, 4) is 0 Å². The van der Waals surface area contributed by atoms with Gasteiger partial charge >= 0.3 is 53.7 Å². The van der Waals surface area contributed by atoms with Crippen molar-refractivity contribution in [1.82, 2.24) is 0 Å². The number of carboxylic acid groups (broad SMARTS) is 1. The van der Waals surface area contributed by atoms with Crippen molar-refractivity contribution in [3.63, 3.8) is 0 Å². The molecule has 0 saturated heterocycles. The summed E-state index contributed by atoms with van der Waals surface area (Å²) in [5.41, 5.74) is 0. The average molecular weight is 807 g/mol. The number of rotatable bonds is 28. The Hall–Kier alpha value is -5.63. The summed E-state index contributed by atoms with van der Waals surface area (Å²) in [5, 5.41) is 24.3. The molecule has 0 saturated carbocycles. The van der Waals surface area contributed by atoms with Crippen LogP contribution in [0.1, 0.15) is 71.6 Å². The highest BCUT2D eigenvalue weighted by Gasteiger charge is 2.14. The summed E-state index contributed by atoms with van der Waals surface area (Å²) < 4.78 is 38.3. The molecule has 0 bridgehead atoms. The molecule has 0 heterocycles. The Morgan fingerprint density at radius 3 is 1.09 bits per heavy atom. The highest BCUT2D eigenvalue weighted by atomic mass is 16.6. The summed E-state index contributed by atoms with van der Waals surface area (Å²) in [6.45, 7) is 12.0. The van der Waals surface area contributed by atoms with Crippen molar-refractivity contribution < 1.29 is 96.4 Å². The quantitative estimate of drug-likeness (QED) is 0.0433. The van der Waals surface area contributed by atoms with Gasteiger partial charge in [-0.15, -0.1) is 0 Å². The van der Waals surface area contributed by atoms with Crippen LogP contribution < -0.4 is 0 Å². The van der Waals surface area contributed by atoms with E-state index in [1.54, 1.807) is 6.92 Å². The summed E-state index contributed by atoms with van der Waals surface area (Å²) in [6.07, 6.45) is 2.25.